The number of carbonyl (C=O) groups excluding carboxylic acids is 2. The molecule has 0 aliphatic heterocycles. The zero-order chi connectivity index (χ0) is 20.3. The van der Waals surface area contributed by atoms with E-state index in [9.17, 15) is 19.1 Å². The fraction of sp³-hybridized carbons (Fsp3) is 0.350. The van der Waals surface area contributed by atoms with Crippen LogP contribution >= 0.6 is 11.6 Å². The summed E-state index contributed by atoms with van der Waals surface area (Å²) in [5.74, 6) is -1.93. The Morgan fingerprint density at radius 1 is 1.11 bits per heavy atom. The fourth-order valence-electron chi connectivity index (χ4n) is 3.42. The largest absolute Gasteiger partial charge is 0.507 e. The number of nitrogens with zero attached hydrogens (tertiary/aromatic N) is 1. The molecule has 0 spiro atoms. The summed E-state index contributed by atoms with van der Waals surface area (Å²) < 4.78 is 13.5. The zero-order valence-corrected chi connectivity index (χ0v) is 16.1. The van der Waals surface area contributed by atoms with Gasteiger partial charge in [-0.2, -0.15) is 0 Å². The molecule has 1 aliphatic carbocycles. The second kappa shape index (κ2) is 8.14. The lowest BCUT2D eigenvalue weighted by Gasteiger charge is -2.39. The van der Waals surface area contributed by atoms with Crippen LogP contribution < -0.4 is 10.6 Å². The van der Waals surface area contributed by atoms with Gasteiger partial charge >= 0.3 is 0 Å². The molecule has 1 saturated carbocycles. The highest BCUT2D eigenvalue weighted by Gasteiger charge is 2.36. The molecule has 2 aromatic rings. The molecule has 1 aliphatic rings. The van der Waals surface area contributed by atoms with Crippen LogP contribution in [0.2, 0.25) is 5.15 Å². The monoisotopic (exact) mass is 405 g/mol. The standard InChI is InChI=1S/C20H21ClFN3O3/c1-12-5-6-14(16(26)9-12)18(27)24-20(7-3-2-4-8-20)25-19(28)15-10-13(22)11-23-17(15)21/h5-6,9-11,26H,2-4,7-8H2,1H3,(H,24,27)(H,25,28). The predicted octanol–water partition coefficient (Wildman–Crippen LogP) is 3.71. The number of aromatic hydroxyl groups is 1. The number of aromatic nitrogens is 1. The lowest BCUT2D eigenvalue weighted by atomic mass is 9.88. The molecule has 28 heavy (non-hydrogen) atoms. The van der Waals surface area contributed by atoms with Crippen molar-refractivity contribution >= 4 is 23.4 Å². The van der Waals surface area contributed by atoms with E-state index in [1.54, 1.807) is 13.0 Å². The van der Waals surface area contributed by atoms with Gasteiger partial charge in [0.05, 0.1) is 17.3 Å². The second-order valence-corrected chi connectivity index (χ2v) is 7.42. The molecule has 1 fully saturated rings. The normalized spacial score (nSPS) is 15.7. The first kappa shape index (κ1) is 20.1. The number of hydrogen-bond donors (Lipinski definition) is 3. The van der Waals surface area contributed by atoms with E-state index in [4.69, 9.17) is 11.6 Å². The SMILES string of the molecule is Cc1ccc(C(=O)NC2(NC(=O)c3cc(F)cnc3Cl)CCCCC2)c(O)c1. The minimum absolute atomic E-state index is 0.0981. The van der Waals surface area contributed by atoms with E-state index in [2.05, 4.69) is 15.6 Å². The smallest absolute Gasteiger partial charge is 0.256 e. The maximum absolute atomic E-state index is 13.5. The van der Waals surface area contributed by atoms with Crippen LogP contribution in [0.1, 0.15) is 58.4 Å². The molecule has 0 bridgehead atoms. The van der Waals surface area contributed by atoms with Crippen molar-refractivity contribution in [3.05, 3.63) is 58.1 Å². The van der Waals surface area contributed by atoms with E-state index < -0.39 is 23.3 Å². The molecular formula is C20H21ClFN3O3. The summed E-state index contributed by atoms with van der Waals surface area (Å²) in [5, 5.41) is 15.6. The third-order valence-corrected chi connectivity index (χ3v) is 5.16. The van der Waals surface area contributed by atoms with Crippen LogP contribution in [-0.2, 0) is 0 Å². The Hall–Kier alpha value is -2.67. The van der Waals surface area contributed by atoms with Crippen molar-refractivity contribution in [1.82, 2.24) is 15.6 Å². The Bertz CT molecular complexity index is 914. The van der Waals surface area contributed by atoms with Crippen molar-refractivity contribution in [2.75, 3.05) is 0 Å². The summed E-state index contributed by atoms with van der Waals surface area (Å²) in [7, 11) is 0. The Kier molecular flexibility index (Phi) is 5.84. The number of phenolic OH excluding ortho intramolecular Hbond substituents is 1. The van der Waals surface area contributed by atoms with Crippen molar-refractivity contribution in [1.29, 1.82) is 0 Å². The first-order valence-corrected chi connectivity index (χ1v) is 9.43. The Labute approximate surface area is 167 Å². The Morgan fingerprint density at radius 2 is 1.75 bits per heavy atom. The van der Waals surface area contributed by atoms with Gasteiger partial charge in [-0.25, -0.2) is 9.37 Å². The summed E-state index contributed by atoms with van der Waals surface area (Å²) in [6, 6.07) is 5.76. The van der Waals surface area contributed by atoms with E-state index in [1.807, 2.05) is 0 Å². The fourth-order valence-corrected chi connectivity index (χ4v) is 3.61. The van der Waals surface area contributed by atoms with Gasteiger partial charge in [0.25, 0.3) is 11.8 Å². The van der Waals surface area contributed by atoms with E-state index in [-0.39, 0.29) is 22.0 Å². The molecule has 3 rings (SSSR count). The van der Waals surface area contributed by atoms with Gasteiger partial charge in [0.1, 0.15) is 22.4 Å². The van der Waals surface area contributed by atoms with Crippen LogP contribution in [0.15, 0.2) is 30.5 Å². The van der Waals surface area contributed by atoms with Gasteiger partial charge in [-0.3, -0.25) is 9.59 Å². The zero-order valence-electron chi connectivity index (χ0n) is 15.4. The van der Waals surface area contributed by atoms with Crippen molar-refractivity contribution in [3.8, 4) is 5.75 Å². The van der Waals surface area contributed by atoms with Crippen LogP contribution in [0.3, 0.4) is 0 Å². The second-order valence-electron chi connectivity index (χ2n) is 7.06. The van der Waals surface area contributed by atoms with Crippen LogP contribution in [0.25, 0.3) is 0 Å². The van der Waals surface area contributed by atoms with Gasteiger partial charge in [-0.15, -0.1) is 0 Å². The third kappa shape index (κ3) is 4.42. The lowest BCUT2D eigenvalue weighted by molar-refractivity contribution is 0.0744. The number of rotatable bonds is 4. The lowest BCUT2D eigenvalue weighted by Crippen LogP contribution is -2.61. The van der Waals surface area contributed by atoms with Crippen LogP contribution in [0, 0.1) is 12.7 Å². The Morgan fingerprint density at radius 3 is 2.39 bits per heavy atom. The number of halogens is 2. The Balaban J connectivity index is 1.85. The van der Waals surface area contributed by atoms with Crippen molar-refractivity contribution in [3.63, 3.8) is 0 Å². The van der Waals surface area contributed by atoms with Crippen molar-refractivity contribution < 1.29 is 19.1 Å². The molecule has 0 unspecified atom stereocenters. The molecule has 8 heteroatoms. The van der Waals surface area contributed by atoms with E-state index >= 15 is 0 Å². The van der Waals surface area contributed by atoms with Gasteiger partial charge < -0.3 is 15.7 Å². The summed E-state index contributed by atoms with van der Waals surface area (Å²) in [5.41, 5.74) is -0.170. The molecule has 2 amide bonds. The average molecular weight is 406 g/mol. The van der Waals surface area contributed by atoms with Gasteiger partial charge in [-0.1, -0.05) is 24.1 Å². The molecule has 6 nitrogen and oxygen atoms in total. The number of amides is 2. The highest BCUT2D eigenvalue weighted by atomic mass is 35.5. The van der Waals surface area contributed by atoms with Crippen LogP contribution in [0.4, 0.5) is 4.39 Å². The number of aryl methyl sites for hydroxylation is 1. The van der Waals surface area contributed by atoms with Gasteiger partial charge in [-0.05, 0) is 56.4 Å². The molecule has 3 N–H and O–H groups in total. The van der Waals surface area contributed by atoms with Crippen LogP contribution in [-0.4, -0.2) is 27.6 Å². The third-order valence-electron chi connectivity index (χ3n) is 4.86. The first-order valence-electron chi connectivity index (χ1n) is 9.05. The molecule has 0 atom stereocenters. The maximum Gasteiger partial charge on any atom is 0.256 e. The minimum atomic E-state index is -1.01. The highest BCUT2D eigenvalue weighted by Crippen LogP contribution is 2.28. The first-order chi connectivity index (χ1) is 13.3. The number of nitrogens with one attached hydrogen (secondary N) is 2. The highest BCUT2D eigenvalue weighted by molar-refractivity contribution is 6.32. The molecule has 1 heterocycles. The minimum Gasteiger partial charge on any atom is -0.507 e. The number of carbonyl (C=O) groups is 2. The summed E-state index contributed by atoms with van der Waals surface area (Å²) in [4.78, 5) is 29.1. The number of pyridine rings is 1. The summed E-state index contributed by atoms with van der Waals surface area (Å²) >= 11 is 5.93. The van der Waals surface area contributed by atoms with E-state index in [0.29, 0.717) is 12.8 Å². The molecule has 0 saturated heterocycles. The predicted molar refractivity (Wildman–Crippen MR) is 103 cm³/mol. The number of phenols is 1. The average Bonchev–Trinajstić information content (AvgIpc) is 2.64. The van der Waals surface area contributed by atoms with E-state index in [0.717, 1.165) is 37.1 Å². The number of benzene rings is 1. The molecule has 1 aromatic carbocycles. The van der Waals surface area contributed by atoms with Gasteiger partial charge in [0, 0.05) is 0 Å². The van der Waals surface area contributed by atoms with Crippen LogP contribution in [0.5, 0.6) is 5.75 Å². The van der Waals surface area contributed by atoms with Gasteiger partial charge in [0.2, 0.25) is 0 Å². The maximum atomic E-state index is 13.5. The van der Waals surface area contributed by atoms with Crippen molar-refractivity contribution in [2.45, 2.75) is 44.7 Å². The quantitative estimate of drug-likeness (QED) is 0.534. The molecule has 0 radical (unpaired) electrons. The van der Waals surface area contributed by atoms with Gasteiger partial charge in [0.15, 0.2) is 0 Å². The molecule has 148 valence electrons. The number of hydrogen-bond acceptors (Lipinski definition) is 4. The molecular weight excluding hydrogens is 385 g/mol. The summed E-state index contributed by atoms with van der Waals surface area (Å²) in [6.07, 6.45) is 4.53. The topological polar surface area (TPSA) is 91.3 Å². The molecule has 1 aromatic heterocycles. The van der Waals surface area contributed by atoms with Crippen molar-refractivity contribution in [2.24, 2.45) is 0 Å². The summed E-state index contributed by atoms with van der Waals surface area (Å²) in [6.45, 7) is 1.81. The van der Waals surface area contributed by atoms with E-state index in [1.165, 1.54) is 12.1 Å².